The summed E-state index contributed by atoms with van der Waals surface area (Å²) in [7, 11) is -0.481. The van der Waals surface area contributed by atoms with E-state index in [4.69, 9.17) is 5.11 Å². The predicted octanol–water partition coefficient (Wildman–Crippen LogP) is -1.40. The Hall–Kier alpha value is -0.660. The maximum absolute atomic E-state index is 11.5. The van der Waals surface area contributed by atoms with Crippen molar-refractivity contribution in [3.8, 4) is 0 Å². The van der Waals surface area contributed by atoms with Crippen molar-refractivity contribution in [1.82, 2.24) is 9.21 Å². The average Bonchev–Trinajstić information content (AvgIpc) is 2.65. The van der Waals surface area contributed by atoms with Crippen LogP contribution in [0.5, 0.6) is 0 Å². The highest BCUT2D eigenvalue weighted by molar-refractivity contribution is 7.90. The summed E-state index contributed by atoms with van der Waals surface area (Å²) in [5.41, 5.74) is 0. The van der Waals surface area contributed by atoms with E-state index in [1.54, 1.807) is 11.9 Å². The van der Waals surface area contributed by atoms with Crippen LogP contribution in [0.4, 0.5) is 0 Å². The first-order valence-corrected chi connectivity index (χ1v) is 5.23. The normalized spacial score (nSPS) is 27.6. The van der Waals surface area contributed by atoms with Crippen molar-refractivity contribution in [2.75, 3.05) is 27.2 Å². The number of carboxylic acids is 1. The van der Waals surface area contributed by atoms with Gasteiger partial charge in [0, 0.05) is 13.6 Å². The van der Waals surface area contributed by atoms with Gasteiger partial charge in [0.1, 0.15) is 11.9 Å². The quantitative estimate of drug-likeness (QED) is 0.575. The minimum Gasteiger partial charge on any atom is -0.480 e. The zero-order valence-corrected chi connectivity index (χ0v) is 8.28. The Labute approximate surface area is 76.8 Å². The highest BCUT2D eigenvalue weighted by Crippen LogP contribution is 2.22. The van der Waals surface area contributed by atoms with E-state index in [1.807, 2.05) is 0 Å². The lowest BCUT2D eigenvalue weighted by atomic mass is 10.7. The summed E-state index contributed by atoms with van der Waals surface area (Å²) in [6, 6.07) is 0. The molecule has 1 aliphatic rings. The third-order valence-corrected chi connectivity index (χ3v) is 4.13. The smallest absolute Gasteiger partial charge is 0.318 e. The zero-order chi connectivity index (χ0) is 10.2. The molecule has 0 radical (unpaired) electrons. The van der Waals surface area contributed by atoms with Gasteiger partial charge in [-0.2, -0.15) is 4.31 Å². The van der Waals surface area contributed by atoms with Crippen LogP contribution in [0.25, 0.3) is 0 Å². The largest absolute Gasteiger partial charge is 0.480 e. The Bertz CT molecular complexity index is 313. The molecule has 0 spiro atoms. The molecule has 1 rings (SSSR count). The average molecular weight is 208 g/mol. The van der Waals surface area contributed by atoms with E-state index in [-0.39, 0.29) is 0 Å². The number of sulfonamides is 1. The Morgan fingerprint density at radius 2 is 2.15 bits per heavy atom. The second kappa shape index (κ2) is 3.24. The molecule has 0 saturated carbocycles. The van der Waals surface area contributed by atoms with Crippen molar-refractivity contribution >= 4 is 16.0 Å². The summed E-state index contributed by atoms with van der Waals surface area (Å²) in [5.74, 6) is -1.14. The minimum absolute atomic E-state index is 0.478. The van der Waals surface area contributed by atoms with E-state index in [0.29, 0.717) is 6.54 Å². The molecule has 0 aromatic carbocycles. The van der Waals surface area contributed by atoms with Crippen molar-refractivity contribution in [2.45, 2.75) is 5.37 Å². The molecule has 0 aromatic heterocycles. The van der Waals surface area contributed by atoms with E-state index >= 15 is 0 Å². The number of likely N-dealkylation sites (N-methyl/N-ethyl adjacent to an activating group) is 2. The SMILES string of the molecule is CN1CC1S(=O)(=O)N(C)CC(=O)O. The van der Waals surface area contributed by atoms with Crippen LogP contribution in [0.2, 0.25) is 0 Å². The Morgan fingerprint density at radius 1 is 1.69 bits per heavy atom. The predicted molar refractivity (Wildman–Crippen MR) is 45.6 cm³/mol. The lowest BCUT2D eigenvalue weighted by Crippen LogP contribution is -2.35. The molecule has 7 heteroatoms. The number of carbonyl (C=O) groups is 1. The fourth-order valence-corrected chi connectivity index (χ4v) is 2.59. The molecular weight excluding hydrogens is 196 g/mol. The molecule has 1 fully saturated rings. The van der Waals surface area contributed by atoms with Crippen molar-refractivity contribution in [3.63, 3.8) is 0 Å². The molecule has 1 saturated heterocycles. The molecular formula is C6H12N2O4S. The molecule has 1 N–H and O–H groups in total. The number of hydrogen-bond acceptors (Lipinski definition) is 4. The summed E-state index contributed by atoms with van der Waals surface area (Å²) in [6.45, 7) is -0.00103. The van der Waals surface area contributed by atoms with Crippen LogP contribution in [-0.2, 0) is 14.8 Å². The minimum atomic E-state index is -3.43. The second-order valence-corrected chi connectivity index (χ2v) is 5.29. The van der Waals surface area contributed by atoms with Gasteiger partial charge in [-0.3, -0.25) is 9.69 Å². The Balaban J connectivity index is 2.65. The van der Waals surface area contributed by atoms with Gasteiger partial charge >= 0.3 is 5.97 Å². The topological polar surface area (TPSA) is 77.7 Å². The van der Waals surface area contributed by atoms with Crippen LogP contribution in [0.1, 0.15) is 0 Å². The molecule has 2 atom stereocenters. The van der Waals surface area contributed by atoms with Gasteiger partial charge in [-0.15, -0.1) is 0 Å². The molecule has 13 heavy (non-hydrogen) atoms. The van der Waals surface area contributed by atoms with Crippen LogP contribution in [-0.4, -0.2) is 61.3 Å². The highest BCUT2D eigenvalue weighted by atomic mass is 32.2. The van der Waals surface area contributed by atoms with Gasteiger partial charge in [0.25, 0.3) is 0 Å². The first-order chi connectivity index (χ1) is 5.85. The van der Waals surface area contributed by atoms with Crippen molar-refractivity contribution in [3.05, 3.63) is 0 Å². The van der Waals surface area contributed by atoms with E-state index in [0.717, 1.165) is 4.31 Å². The zero-order valence-electron chi connectivity index (χ0n) is 7.47. The monoisotopic (exact) mass is 208 g/mol. The molecule has 0 aliphatic carbocycles. The van der Waals surface area contributed by atoms with Gasteiger partial charge in [0.2, 0.25) is 10.0 Å². The van der Waals surface area contributed by atoms with Crippen molar-refractivity contribution in [2.24, 2.45) is 0 Å². The summed E-state index contributed by atoms with van der Waals surface area (Å²) in [5, 5.41) is 7.86. The molecule has 0 aromatic rings. The number of hydrogen-bond donors (Lipinski definition) is 1. The van der Waals surface area contributed by atoms with Gasteiger partial charge in [-0.05, 0) is 7.05 Å². The number of aliphatic carboxylic acids is 1. The van der Waals surface area contributed by atoms with Crippen molar-refractivity contribution in [1.29, 1.82) is 0 Å². The Morgan fingerprint density at radius 3 is 2.46 bits per heavy atom. The molecule has 76 valence electrons. The first-order valence-electron chi connectivity index (χ1n) is 3.73. The molecule has 0 amide bonds. The van der Waals surface area contributed by atoms with Crippen LogP contribution in [0.15, 0.2) is 0 Å². The molecule has 6 nitrogen and oxygen atoms in total. The van der Waals surface area contributed by atoms with E-state index in [9.17, 15) is 13.2 Å². The third-order valence-electron chi connectivity index (χ3n) is 1.94. The first kappa shape index (κ1) is 10.4. The second-order valence-electron chi connectivity index (χ2n) is 3.09. The summed E-state index contributed by atoms with van der Waals surface area (Å²) in [4.78, 5) is 11.9. The lowest BCUT2D eigenvalue weighted by Gasteiger charge is -2.13. The standard InChI is InChI=1S/C6H12N2O4S/c1-7-3-5(7)13(11,12)8(2)4-6(9)10/h5H,3-4H2,1-2H3,(H,9,10). The van der Waals surface area contributed by atoms with Gasteiger partial charge in [-0.25, -0.2) is 8.42 Å². The van der Waals surface area contributed by atoms with Crippen molar-refractivity contribution < 1.29 is 18.3 Å². The van der Waals surface area contributed by atoms with Crippen LogP contribution < -0.4 is 0 Å². The van der Waals surface area contributed by atoms with Gasteiger partial charge in [0.15, 0.2) is 0 Å². The maximum Gasteiger partial charge on any atom is 0.318 e. The van der Waals surface area contributed by atoms with Crippen LogP contribution in [0, 0.1) is 0 Å². The number of carboxylic acid groups (broad SMARTS) is 1. The van der Waals surface area contributed by atoms with Gasteiger partial charge in [-0.1, -0.05) is 0 Å². The lowest BCUT2D eigenvalue weighted by molar-refractivity contribution is -0.137. The van der Waals surface area contributed by atoms with Crippen LogP contribution in [0.3, 0.4) is 0 Å². The molecule has 1 aliphatic heterocycles. The fourth-order valence-electron chi connectivity index (χ4n) is 1.01. The Kier molecular flexibility index (Phi) is 2.60. The number of rotatable bonds is 4. The summed E-state index contributed by atoms with van der Waals surface area (Å²) >= 11 is 0. The van der Waals surface area contributed by atoms with Crippen LogP contribution >= 0.6 is 0 Å². The fraction of sp³-hybridized carbons (Fsp3) is 0.833. The molecule has 2 unspecified atom stereocenters. The molecule has 1 heterocycles. The highest BCUT2D eigenvalue weighted by Gasteiger charge is 2.44. The summed E-state index contributed by atoms with van der Waals surface area (Å²) < 4.78 is 23.8. The van der Waals surface area contributed by atoms with Gasteiger partial charge < -0.3 is 5.11 Å². The maximum atomic E-state index is 11.5. The number of nitrogens with zero attached hydrogens (tertiary/aromatic N) is 2. The van der Waals surface area contributed by atoms with Gasteiger partial charge in [0.05, 0.1) is 0 Å². The van der Waals surface area contributed by atoms with E-state index < -0.39 is 27.9 Å². The summed E-state index contributed by atoms with van der Waals surface area (Å²) in [6.07, 6.45) is 0. The third kappa shape index (κ3) is 2.17. The molecule has 0 bridgehead atoms. The van der Waals surface area contributed by atoms with E-state index in [1.165, 1.54) is 7.05 Å². The van der Waals surface area contributed by atoms with E-state index in [2.05, 4.69) is 0 Å².